The summed E-state index contributed by atoms with van der Waals surface area (Å²) in [6.07, 6.45) is 3.18. The summed E-state index contributed by atoms with van der Waals surface area (Å²) in [5, 5.41) is 0.993. The van der Waals surface area contributed by atoms with Crippen LogP contribution in [0.5, 0.6) is 0 Å². The second kappa shape index (κ2) is 4.74. The Balaban J connectivity index is 2.72. The Kier molecular flexibility index (Phi) is 3.45. The number of hydrogen-bond acceptors (Lipinski definition) is 3. The minimum absolute atomic E-state index is 0.0630. The summed E-state index contributed by atoms with van der Waals surface area (Å²) < 4.78 is 25.1. The summed E-state index contributed by atoms with van der Waals surface area (Å²) in [5.74, 6) is 0.0630. The van der Waals surface area contributed by atoms with Crippen molar-refractivity contribution in [2.24, 2.45) is 5.73 Å². The molecule has 1 heterocycles. The van der Waals surface area contributed by atoms with E-state index in [9.17, 15) is 8.42 Å². The zero-order chi connectivity index (χ0) is 13.3. The number of sulfone groups is 1. The lowest BCUT2D eigenvalue weighted by atomic mass is 10.1. The standard InChI is InChI=1S/C13H18N2O2S/c1-3-15-8-11(9-18(2,16)17)13-10(7-14)5-4-6-12(13)15/h4-6,8H,3,7,9,14H2,1-2H3. The van der Waals surface area contributed by atoms with Crippen LogP contribution in [0.2, 0.25) is 0 Å². The van der Waals surface area contributed by atoms with Crippen LogP contribution < -0.4 is 5.73 Å². The number of rotatable bonds is 4. The first-order chi connectivity index (χ1) is 8.46. The van der Waals surface area contributed by atoms with Crippen molar-refractivity contribution < 1.29 is 8.42 Å². The summed E-state index contributed by atoms with van der Waals surface area (Å²) in [6, 6.07) is 5.92. The van der Waals surface area contributed by atoms with E-state index < -0.39 is 9.84 Å². The van der Waals surface area contributed by atoms with Crippen LogP contribution in [-0.4, -0.2) is 19.2 Å². The molecule has 98 valence electrons. The highest BCUT2D eigenvalue weighted by atomic mass is 32.2. The van der Waals surface area contributed by atoms with Crippen LogP contribution in [0.3, 0.4) is 0 Å². The maximum atomic E-state index is 11.5. The van der Waals surface area contributed by atoms with E-state index in [1.165, 1.54) is 6.26 Å². The van der Waals surface area contributed by atoms with Crippen LogP contribution in [-0.2, 0) is 28.7 Å². The Morgan fingerprint density at radius 2 is 2.00 bits per heavy atom. The van der Waals surface area contributed by atoms with Crippen LogP contribution in [0, 0.1) is 0 Å². The predicted octanol–water partition coefficient (Wildman–Crippen LogP) is 1.66. The van der Waals surface area contributed by atoms with Gasteiger partial charge in [0.15, 0.2) is 9.84 Å². The molecule has 0 saturated carbocycles. The van der Waals surface area contributed by atoms with Gasteiger partial charge in [-0.3, -0.25) is 0 Å². The summed E-state index contributed by atoms with van der Waals surface area (Å²) in [4.78, 5) is 0. The van der Waals surface area contributed by atoms with Crippen LogP contribution >= 0.6 is 0 Å². The number of aromatic nitrogens is 1. The van der Waals surface area contributed by atoms with E-state index in [0.717, 1.165) is 28.6 Å². The van der Waals surface area contributed by atoms with Crippen molar-refractivity contribution in [3.8, 4) is 0 Å². The number of aryl methyl sites for hydroxylation is 1. The van der Waals surface area contributed by atoms with E-state index in [2.05, 4.69) is 4.57 Å². The average Bonchev–Trinajstić information content (AvgIpc) is 2.65. The fraction of sp³-hybridized carbons (Fsp3) is 0.385. The van der Waals surface area contributed by atoms with Crippen molar-refractivity contribution in [3.05, 3.63) is 35.5 Å². The van der Waals surface area contributed by atoms with E-state index in [4.69, 9.17) is 5.73 Å². The molecule has 0 aliphatic rings. The van der Waals surface area contributed by atoms with Crippen molar-refractivity contribution >= 4 is 20.7 Å². The molecule has 0 amide bonds. The van der Waals surface area contributed by atoms with E-state index >= 15 is 0 Å². The molecule has 0 unspecified atom stereocenters. The molecule has 0 aliphatic carbocycles. The molecule has 0 bridgehead atoms. The second-order valence-electron chi connectivity index (χ2n) is 4.53. The molecule has 0 radical (unpaired) electrons. The largest absolute Gasteiger partial charge is 0.347 e. The van der Waals surface area contributed by atoms with E-state index in [1.807, 2.05) is 31.3 Å². The lowest BCUT2D eigenvalue weighted by Gasteiger charge is -2.04. The Hall–Kier alpha value is -1.33. The zero-order valence-corrected chi connectivity index (χ0v) is 11.5. The highest BCUT2D eigenvalue weighted by Gasteiger charge is 2.14. The molecular formula is C13H18N2O2S. The van der Waals surface area contributed by atoms with Crippen LogP contribution in [0.25, 0.3) is 10.9 Å². The molecule has 0 saturated heterocycles. The van der Waals surface area contributed by atoms with E-state index in [-0.39, 0.29) is 5.75 Å². The molecule has 4 nitrogen and oxygen atoms in total. The van der Waals surface area contributed by atoms with Gasteiger partial charge in [0.05, 0.1) is 5.75 Å². The minimum Gasteiger partial charge on any atom is -0.347 e. The van der Waals surface area contributed by atoms with Gasteiger partial charge in [0.25, 0.3) is 0 Å². The summed E-state index contributed by atoms with van der Waals surface area (Å²) in [6.45, 7) is 3.27. The molecule has 0 atom stereocenters. The smallest absolute Gasteiger partial charge is 0.151 e. The van der Waals surface area contributed by atoms with Crippen molar-refractivity contribution in [3.63, 3.8) is 0 Å². The van der Waals surface area contributed by atoms with Gasteiger partial charge in [-0.2, -0.15) is 0 Å². The highest BCUT2D eigenvalue weighted by Crippen LogP contribution is 2.26. The maximum Gasteiger partial charge on any atom is 0.151 e. The minimum atomic E-state index is -3.04. The van der Waals surface area contributed by atoms with Gasteiger partial charge in [0, 0.05) is 36.4 Å². The number of fused-ring (bicyclic) bond motifs is 1. The monoisotopic (exact) mass is 266 g/mol. The van der Waals surface area contributed by atoms with Crippen molar-refractivity contribution in [2.75, 3.05) is 6.26 Å². The first-order valence-electron chi connectivity index (χ1n) is 5.93. The molecule has 1 aromatic carbocycles. The zero-order valence-electron chi connectivity index (χ0n) is 10.7. The fourth-order valence-corrected chi connectivity index (χ4v) is 3.13. The van der Waals surface area contributed by atoms with Gasteiger partial charge in [-0.15, -0.1) is 0 Å². The third-order valence-corrected chi connectivity index (χ3v) is 3.88. The quantitative estimate of drug-likeness (QED) is 0.915. The molecule has 0 aliphatic heterocycles. The van der Waals surface area contributed by atoms with Gasteiger partial charge < -0.3 is 10.3 Å². The van der Waals surface area contributed by atoms with Gasteiger partial charge in [0.2, 0.25) is 0 Å². The third kappa shape index (κ3) is 2.42. The molecule has 0 fully saturated rings. The number of nitrogens with two attached hydrogens (primary N) is 1. The normalized spacial score (nSPS) is 12.2. The summed E-state index contributed by atoms with van der Waals surface area (Å²) in [7, 11) is -3.04. The Morgan fingerprint density at radius 1 is 1.28 bits per heavy atom. The molecular weight excluding hydrogens is 248 g/mol. The van der Waals surface area contributed by atoms with Gasteiger partial charge in [0.1, 0.15) is 0 Å². The van der Waals surface area contributed by atoms with Gasteiger partial charge in [-0.05, 0) is 24.1 Å². The first kappa shape index (κ1) is 13.1. The lowest BCUT2D eigenvalue weighted by Crippen LogP contribution is -2.02. The number of hydrogen-bond donors (Lipinski definition) is 1. The summed E-state index contributed by atoms with van der Waals surface area (Å²) in [5.41, 5.74) is 8.64. The molecule has 2 aromatic rings. The molecule has 2 rings (SSSR count). The SMILES string of the molecule is CCn1cc(CS(C)(=O)=O)c2c(CN)cccc21. The van der Waals surface area contributed by atoms with Crippen molar-refractivity contribution in [2.45, 2.75) is 25.8 Å². The Labute approximate surface area is 107 Å². The number of nitrogens with zero attached hydrogens (tertiary/aromatic N) is 1. The third-order valence-electron chi connectivity index (χ3n) is 3.05. The van der Waals surface area contributed by atoms with E-state index in [1.54, 1.807) is 0 Å². The molecule has 1 aromatic heterocycles. The fourth-order valence-electron chi connectivity index (χ4n) is 2.34. The molecule has 5 heteroatoms. The second-order valence-corrected chi connectivity index (χ2v) is 6.67. The maximum absolute atomic E-state index is 11.5. The van der Waals surface area contributed by atoms with Gasteiger partial charge in [-0.1, -0.05) is 12.1 Å². The summed E-state index contributed by atoms with van der Waals surface area (Å²) >= 11 is 0. The topological polar surface area (TPSA) is 65.1 Å². The number of benzene rings is 1. The van der Waals surface area contributed by atoms with Crippen molar-refractivity contribution in [1.82, 2.24) is 4.57 Å². The van der Waals surface area contributed by atoms with Gasteiger partial charge in [-0.25, -0.2) is 8.42 Å². The van der Waals surface area contributed by atoms with Crippen LogP contribution in [0.1, 0.15) is 18.1 Å². The lowest BCUT2D eigenvalue weighted by molar-refractivity contribution is 0.601. The van der Waals surface area contributed by atoms with E-state index in [0.29, 0.717) is 6.54 Å². The van der Waals surface area contributed by atoms with Crippen LogP contribution in [0.15, 0.2) is 24.4 Å². The highest BCUT2D eigenvalue weighted by molar-refractivity contribution is 7.89. The first-order valence-corrected chi connectivity index (χ1v) is 7.99. The molecule has 18 heavy (non-hydrogen) atoms. The Morgan fingerprint density at radius 3 is 2.56 bits per heavy atom. The Bertz CT molecular complexity index is 672. The average molecular weight is 266 g/mol. The molecule has 0 spiro atoms. The van der Waals surface area contributed by atoms with Crippen LogP contribution in [0.4, 0.5) is 0 Å². The molecule has 2 N–H and O–H groups in total. The van der Waals surface area contributed by atoms with Gasteiger partial charge >= 0.3 is 0 Å². The predicted molar refractivity (Wildman–Crippen MR) is 74.1 cm³/mol. The van der Waals surface area contributed by atoms with Crippen molar-refractivity contribution in [1.29, 1.82) is 0 Å².